The number of carbonyl (C=O) groups excluding carboxylic acids is 1. The number of nitrogens with one attached hydrogen (secondary N) is 2. The molecule has 0 unspecified atom stereocenters. The zero-order valence-electron chi connectivity index (χ0n) is 13.0. The Morgan fingerprint density at radius 1 is 1.20 bits per heavy atom. The third-order valence-corrected chi connectivity index (χ3v) is 3.73. The molecule has 7 nitrogen and oxygen atoms in total. The Labute approximate surface area is 151 Å². The maximum absolute atomic E-state index is 12.9. The van der Waals surface area contributed by atoms with E-state index in [1.807, 2.05) is 0 Å². The van der Waals surface area contributed by atoms with Crippen LogP contribution in [0.15, 0.2) is 46.9 Å². The van der Waals surface area contributed by atoms with Gasteiger partial charge >= 0.3 is 0 Å². The van der Waals surface area contributed by atoms with Crippen molar-refractivity contribution in [3.05, 3.63) is 62.9 Å². The minimum absolute atomic E-state index is 0.0166. The second kappa shape index (κ2) is 8.97. The predicted molar refractivity (Wildman–Crippen MR) is 94.2 cm³/mol. The van der Waals surface area contributed by atoms with Gasteiger partial charge in [0, 0.05) is 30.9 Å². The van der Waals surface area contributed by atoms with E-state index < -0.39 is 10.7 Å². The molecule has 1 amide bonds. The number of rotatable bonds is 8. The fourth-order valence-corrected chi connectivity index (χ4v) is 2.36. The van der Waals surface area contributed by atoms with Gasteiger partial charge in [0.15, 0.2) is 6.61 Å². The molecule has 2 aromatic rings. The van der Waals surface area contributed by atoms with Crippen LogP contribution in [-0.4, -0.2) is 30.5 Å². The van der Waals surface area contributed by atoms with Gasteiger partial charge in [-0.2, -0.15) is 0 Å². The van der Waals surface area contributed by atoms with Crippen LogP contribution in [0.4, 0.5) is 15.8 Å². The van der Waals surface area contributed by atoms with Gasteiger partial charge < -0.3 is 15.4 Å². The van der Waals surface area contributed by atoms with E-state index in [1.54, 1.807) is 12.1 Å². The van der Waals surface area contributed by atoms with Gasteiger partial charge in [0.05, 0.1) is 9.40 Å². The van der Waals surface area contributed by atoms with E-state index in [0.29, 0.717) is 29.0 Å². The summed E-state index contributed by atoms with van der Waals surface area (Å²) < 4.78 is 18.7. The third kappa shape index (κ3) is 6.03. The average Bonchev–Trinajstić information content (AvgIpc) is 2.58. The number of nitro groups is 1. The number of nitro benzene ring substituents is 1. The molecule has 0 saturated heterocycles. The molecule has 0 fully saturated rings. The van der Waals surface area contributed by atoms with Gasteiger partial charge in [-0.3, -0.25) is 14.9 Å². The van der Waals surface area contributed by atoms with E-state index in [2.05, 4.69) is 26.6 Å². The lowest BCUT2D eigenvalue weighted by Crippen LogP contribution is -2.32. The molecular weight excluding hydrogens is 397 g/mol. The van der Waals surface area contributed by atoms with E-state index in [9.17, 15) is 19.3 Å². The lowest BCUT2D eigenvalue weighted by molar-refractivity contribution is -0.384. The summed E-state index contributed by atoms with van der Waals surface area (Å²) in [5.74, 6) is -0.344. The molecular formula is C16H15BrFN3O4. The number of carbonyl (C=O) groups is 1. The van der Waals surface area contributed by atoms with E-state index in [1.165, 1.54) is 30.3 Å². The Morgan fingerprint density at radius 2 is 1.92 bits per heavy atom. The Balaban J connectivity index is 1.67. The quantitative estimate of drug-likeness (QED) is 0.395. The number of benzene rings is 2. The van der Waals surface area contributed by atoms with Crippen LogP contribution in [0, 0.1) is 15.9 Å². The summed E-state index contributed by atoms with van der Waals surface area (Å²) in [6.45, 7) is 0.606. The van der Waals surface area contributed by atoms with Gasteiger partial charge in [0.2, 0.25) is 0 Å². The van der Waals surface area contributed by atoms with Crippen LogP contribution in [0.3, 0.4) is 0 Å². The Morgan fingerprint density at radius 3 is 2.56 bits per heavy atom. The van der Waals surface area contributed by atoms with Crippen LogP contribution in [0.2, 0.25) is 0 Å². The molecule has 2 rings (SSSR count). The monoisotopic (exact) mass is 411 g/mol. The third-order valence-electron chi connectivity index (χ3n) is 3.11. The molecule has 2 N–H and O–H groups in total. The molecule has 0 saturated carbocycles. The lowest BCUT2D eigenvalue weighted by atomic mass is 10.3. The molecule has 9 heteroatoms. The summed E-state index contributed by atoms with van der Waals surface area (Å²) in [6, 6.07) is 9.91. The van der Waals surface area contributed by atoms with Crippen LogP contribution in [0.25, 0.3) is 0 Å². The maximum Gasteiger partial charge on any atom is 0.269 e. The molecule has 0 aliphatic rings. The molecule has 25 heavy (non-hydrogen) atoms. The Kier molecular flexibility index (Phi) is 6.70. The van der Waals surface area contributed by atoms with Crippen molar-refractivity contribution in [3.63, 3.8) is 0 Å². The maximum atomic E-state index is 12.9. The Bertz CT molecular complexity index is 756. The molecule has 0 aliphatic heterocycles. The highest BCUT2D eigenvalue weighted by Gasteiger charge is 2.07. The first-order chi connectivity index (χ1) is 12.0. The molecule has 132 valence electrons. The first-order valence-corrected chi connectivity index (χ1v) is 8.08. The summed E-state index contributed by atoms with van der Waals surface area (Å²) in [5.41, 5.74) is 0.731. The van der Waals surface area contributed by atoms with Crippen molar-refractivity contribution in [1.82, 2.24) is 5.32 Å². The fraction of sp³-hybridized carbons (Fsp3) is 0.188. The number of hydrogen-bond donors (Lipinski definition) is 2. The van der Waals surface area contributed by atoms with Gasteiger partial charge in [-0.25, -0.2) is 4.39 Å². The normalized spacial score (nSPS) is 10.2. The molecule has 0 aliphatic carbocycles. The predicted octanol–water partition coefficient (Wildman–Crippen LogP) is 3.10. The van der Waals surface area contributed by atoms with Crippen molar-refractivity contribution in [3.8, 4) is 5.75 Å². The van der Waals surface area contributed by atoms with Crippen molar-refractivity contribution in [1.29, 1.82) is 0 Å². The first-order valence-electron chi connectivity index (χ1n) is 7.28. The van der Waals surface area contributed by atoms with Crippen molar-refractivity contribution in [2.75, 3.05) is 25.0 Å². The summed E-state index contributed by atoms with van der Waals surface area (Å²) in [5, 5.41) is 16.2. The molecule has 0 bridgehead atoms. The van der Waals surface area contributed by atoms with Crippen LogP contribution < -0.4 is 15.4 Å². The number of anilines is 1. The summed E-state index contributed by atoms with van der Waals surface area (Å²) in [4.78, 5) is 21.8. The fourth-order valence-electron chi connectivity index (χ4n) is 1.90. The Hall–Kier alpha value is -2.68. The average molecular weight is 412 g/mol. The minimum Gasteiger partial charge on any atom is -0.483 e. The number of ether oxygens (including phenoxy) is 1. The van der Waals surface area contributed by atoms with E-state index in [4.69, 9.17) is 4.74 Å². The second-order valence-corrected chi connectivity index (χ2v) is 5.80. The van der Waals surface area contributed by atoms with Crippen LogP contribution in [0.5, 0.6) is 5.75 Å². The van der Waals surface area contributed by atoms with E-state index in [0.717, 1.165) is 0 Å². The van der Waals surface area contributed by atoms with Gasteiger partial charge in [0.1, 0.15) is 11.6 Å². The van der Waals surface area contributed by atoms with Gasteiger partial charge in [-0.1, -0.05) is 0 Å². The summed E-state index contributed by atoms with van der Waals surface area (Å²) >= 11 is 3.15. The number of nitrogens with zero attached hydrogens (tertiary/aromatic N) is 1. The van der Waals surface area contributed by atoms with E-state index >= 15 is 0 Å². The summed E-state index contributed by atoms with van der Waals surface area (Å²) in [6.07, 6.45) is 0. The van der Waals surface area contributed by atoms with Gasteiger partial charge in [-0.15, -0.1) is 0 Å². The molecule has 0 radical (unpaired) electrons. The van der Waals surface area contributed by atoms with Crippen LogP contribution >= 0.6 is 15.9 Å². The van der Waals surface area contributed by atoms with Crippen molar-refractivity contribution in [2.24, 2.45) is 0 Å². The molecule has 2 aromatic carbocycles. The van der Waals surface area contributed by atoms with Crippen LogP contribution in [-0.2, 0) is 4.79 Å². The molecule has 0 aromatic heterocycles. The highest BCUT2D eigenvalue weighted by atomic mass is 79.9. The highest BCUT2D eigenvalue weighted by molar-refractivity contribution is 9.10. The van der Waals surface area contributed by atoms with Gasteiger partial charge in [0.25, 0.3) is 11.6 Å². The number of halogens is 2. The van der Waals surface area contributed by atoms with E-state index in [-0.39, 0.29) is 18.2 Å². The largest absolute Gasteiger partial charge is 0.483 e. The van der Waals surface area contributed by atoms with Crippen molar-refractivity contribution < 1.29 is 18.8 Å². The zero-order valence-corrected chi connectivity index (χ0v) is 14.6. The second-order valence-electron chi connectivity index (χ2n) is 4.94. The van der Waals surface area contributed by atoms with Gasteiger partial charge in [-0.05, 0) is 46.3 Å². The van der Waals surface area contributed by atoms with Crippen molar-refractivity contribution >= 4 is 33.2 Å². The number of amides is 1. The topological polar surface area (TPSA) is 93.5 Å². The van der Waals surface area contributed by atoms with Crippen LogP contribution in [0.1, 0.15) is 0 Å². The molecule has 0 atom stereocenters. The minimum atomic E-state index is -0.469. The first kappa shape index (κ1) is 18.7. The number of non-ortho nitro benzene ring substituents is 1. The summed E-state index contributed by atoms with van der Waals surface area (Å²) in [7, 11) is 0. The standard InChI is InChI=1S/C16H15BrFN3O4/c17-14-9-11(18)1-6-15(14)25-10-16(22)20-8-7-19-12-2-4-13(5-3-12)21(23)24/h1-6,9,19H,7-8,10H2,(H,20,22). The highest BCUT2D eigenvalue weighted by Crippen LogP contribution is 2.25. The van der Waals surface area contributed by atoms with Crippen molar-refractivity contribution in [2.45, 2.75) is 0 Å². The molecule has 0 spiro atoms. The smallest absolute Gasteiger partial charge is 0.269 e. The zero-order chi connectivity index (χ0) is 18.2. The molecule has 0 heterocycles. The lowest BCUT2D eigenvalue weighted by Gasteiger charge is -2.10. The number of hydrogen-bond acceptors (Lipinski definition) is 5. The SMILES string of the molecule is O=C(COc1ccc(F)cc1Br)NCCNc1ccc([N+](=O)[O-])cc1.